The maximum atomic E-state index is 14.2. The molecule has 0 aliphatic heterocycles. The van der Waals surface area contributed by atoms with Gasteiger partial charge in [0.2, 0.25) is 11.6 Å². The van der Waals surface area contributed by atoms with Crippen LogP contribution >= 0.6 is 0 Å². The standard InChI is InChI=1S/C45H47N7O15S/c1-45(2,29-64-39(54)26-31-10-7-12-33(24-31)28-66-52(57)58)34-15-17-35(18-16-34)68(59,60)50-41-40(67-37-14-5-4-13-36(37)61-3)44(49-43(48-41)42-46-19-8-20-47-42)63-22-21-62-38(53)25-30-9-6-11-32(23-30)27-65-51(55)56/h4-20,23-24,55-58H,21-22,25-29H2,1-3H3,(H,48,49,50). The average Bonchev–Trinajstić information content (AvgIpc) is 3.32. The lowest BCUT2D eigenvalue weighted by atomic mass is 9.86. The maximum Gasteiger partial charge on any atom is 0.310 e. The van der Waals surface area contributed by atoms with E-state index in [1.807, 2.05) is 13.8 Å². The van der Waals surface area contributed by atoms with Gasteiger partial charge < -0.3 is 23.7 Å². The molecule has 22 nitrogen and oxygen atoms in total. The number of benzene rings is 4. The fraction of sp³-hybridized carbons (Fsp3) is 0.244. The Morgan fingerprint density at radius 1 is 0.676 bits per heavy atom. The van der Waals surface area contributed by atoms with Crippen LogP contribution < -0.4 is 18.9 Å². The molecule has 4 aromatic carbocycles. The first-order valence-electron chi connectivity index (χ1n) is 20.4. The van der Waals surface area contributed by atoms with E-state index in [-0.39, 0.29) is 91.4 Å². The number of esters is 2. The molecule has 2 aromatic heterocycles. The first kappa shape index (κ1) is 50.2. The number of rotatable bonds is 24. The summed E-state index contributed by atoms with van der Waals surface area (Å²) in [6.45, 7) is 2.75. The summed E-state index contributed by atoms with van der Waals surface area (Å²) in [5, 5.41) is 34.5. The van der Waals surface area contributed by atoms with Crippen LogP contribution in [0.4, 0.5) is 5.82 Å². The van der Waals surface area contributed by atoms with E-state index < -0.39 is 38.2 Å². The van der Waals surface area contributed by atoms with Crippen LogP contribution in [0.3, 0.4) is 0 Å². The molecule has 0 atom stereocenters. The number of para-hydroxylation sites is 2. The summed E-state index contributed by atoms with van der Waals surface area (Å²) in [7, 11) is -3.03. The van der Waals surface area contributed by atoms with E-state index in [4.69, 9.17) is 44.5 Å². The molecule has 0 radical (unpaired) electrons. The Labute approximate surface area is 389 Å². The SMILES string of the molecule is COc1ccccc1Oc1c(NS(=O)(=O)c2ccc(C(C)(C)COC(=O)Cc3cccc(CON(O)O)c3)cc2)nc(-c2ncccn2)nc1OCCOC(=O)Cc1cccc(CON(O)O)c1. The molecule has 68 heavy (non-hydrogen) atoms. The van der Waals surface area contributed by atoms with E-state index in [2.05, 4.69) is 34.3 Å². The van der Waals surface area contributed by atoms with E-state index in [1.54, 1.807) is 91.0 Å². The van der Waals surface area contributed by atoms with Gasteiger partial charge in [0.15, 0.2) is 23.1 Å². The highest BCUT2D eigenvalue weighted by atomic mass is 32.2. The van der Waals surface area contributed by atoms with Gasteiger partial charge in [-0.1, -0.05) is 86.6 Å². The van der Waals surface area contributed by atoms with E-state index in [1.165, 1.54) is 31.6 Å². The Bertz CT molecular complexity index is 2750. The molecule has 5 N–H and O–H groups in total. The second kappa shape index (κ2) is 23.5. The Kier molecular flexibility index (Phi) is 17.4. The molecule has 0 aliphatic carbocycles. The third kappa shape index (κ3) is 14.7. The van der Waals surface area contributed by atoms with Crippen LogP contribution in [-0.2, 0) is 70.2 Å². The second-order valence-electron chi connectivity index (χ2n) is 15.1. The van der Waals surface area contributed by atoms with Crippen LogP contribution in [0.15, 0.2) is 120 Å². The molecular formula is C45H47N7O15S. The average molecular weight is 958 g/mol. The third-order valence-corrected chi connectivity index (χ3v) is 11.0. The van der Waals surface area contributed by atoms with Crippen molar-refractivity contribution in [1.82, 2.24) is 30.7 Å². The number of aromatic nitrogens is 4. The van der Waals surface area contributed by atoms with Crippen molar-refractivity contribution in [1.29, 1.82) is 0 Å². The number of ether oxygens (including phenoxy) is 5. The summed E-state index contributed by atoms with van der Waals surface area (Å²) < 4.78 is 59.7. The molecule has 0 amide bonds. The van der Waals surface area contributed by atoms with Crippen molar-refractivity contribution >= 4 is 27.8 Å². The fourth-order valence-electron chi connectivity index (χ4n) is 6.28. The Morgan fingerprint density at radius 3 is 1.84 bits per heavy atom. The van der Waals surface area contributed by atoms with Gasteiger partial charge >= 0.3 is 11.9 Å². The number of hydrogen-bond donors (Lipinski definition) is 5. The van der Waals surface area contributed by atoms with Crippen molar-refractivity contribution < 1.29 is 72.2 Å². The minimum Gasteiger partial charge on any atom is -0.493 e. The third-order valence-electron chi connectivity index (χ3n) is 9.61. The van der Waals surface area contributed by atoms with Gasteiger partial charge in [-0.2, -0.15) is 4.98 Å². The first-order chi connectivity index (χ1) is 32.6. The zero-order valence-corrected chi connectivity index (χ0v) is 37.6. The van der Waals surface area contributed by atoms with Crippen LogP contribution in [0.5, 0.6) is 23.1 Å². The lowest BCUT2D eigenvalue weighted by molar-refractivity contribution is -0.497. The summed E-state index contributed by atoms with van der Waals surface area (Å²) in [5.74, 6) is -1.77. The van der Waals surface area contributed by atoms with Crippen molar-refractivity contribution in [2.75, 3.05) is 31.7 Å². The normalized spacial score (nSPS) is 11.6. The minimum atomic E-state index is -4.45. The molecule has 6 rings (SSSR count). The van der Waals surface area contributed by atoms with Gasteiger partial charge in [-0.25, -0.2) is 33.0 Å². The molecule has 23 heteroatoms. The van der Waals surface area contributed by atoms with Gasteiger partial charge in [0.25, 0.3) is 15.9 Å². The quantitative estimate of drug-likeness (QED) is 0.0273. The second-order valence-corrected chi connectivity index (χ2v) is 16.8. The number of carbonyl (C=O) groups excluding carboxylic acids is 2. The number of carbonyl (C=O) groups is 2. The number of sulfonamides is 1. The number of methoxy groups -OCH3 is 1. The van der Waals surface area contributed by atoms with Crippen LogP contribution in [-0.4, -0.2) is 98.8 Å². The molecule has 0 unspecified atom stereocenters. The van der Waals surface area contributed by atoms with Crippen LogP contribution in [0.25, 0.3) is 11.6 Å². The number of anilines is 1. The Morgan fingerprint density at radius 2 is 1.25 bits per heavy atom. The largest absolute Gasteiger partial charge is 0.493 e. The van der Waals surface area contributed by atoms with Crippen molar-refractivity contribution in [2.45, 2.75) is 50.2 Å². The highest BCUT2D eigenvalue weighted by Gasteiger charge is 2.28. The summed E-state index contributed by atoms with van der Waals surface area (Å²) in [6.07, 6.45) is 2.69. The van der Waals surface area contributed by atoms with Gasteiger partial charge in [-0.15, -0.1) is 0 Å². The summed E-state index contributed by atoms with van der Waals surface area (Å²) in [5.41, 5.74) is 2.23. The Balaban J connectivity index is 1.20. The topological polar surface area (TPSA) is 284 Å². The van der Waals surface area contributed by atoms with E-state index in [0.717, 1.165) is 0 Å². The lowest BCUT2D eigenvalue weighted by Gasteiger charge is -2.25. The van der Waals surface area contributed by atoms with E-state index in [9.17, 15) is 18.0 Å². The van der Waals surface area contributed by atoms with Crippen molar-refractivity contribution in [3.63, 3.8) is 0 Å². The summed E-state index contributed by atoms with van der Waals surface area (Å²) in [6, 6.07) is 27.5. The summed E-state index contributed by atoms with van der Waals surface area (Å²) >= 11 is 0. The van der Waals surface area contributed by atoms with Gasteiger partial charge in [0, 0.05) is 17.8 Å². The summed E-state index contributed by atoms with van der Waals surface area (Å²) in [4.78, 5) is 52.1. The predicted molar refractivity (Wildman–Crippen MR) is 235 cm³/mol. The van der Waals surface area contributed by atoms with Gasteiger partial charge in [0.1, 0.15) is 19.8 Å². The number of hydrogen-bond acceptors (Lipinski definition) is 21. The number of nitrogens with zero attached hydrogens (tertiary/aromatic N) is 6. The molecule has 0 fully saturated rings. The van der Waals surface area contributed by atoms with E-state index in [0.29, 0.717) is 27.8 Å². The molecule has 2 heterocycles. The molecular weight excluding hydrogens is 911 g/mol. The smallest absolute Gasteiger partial charge is 0.310 e. The Hall–Kier alpha value is -7.19. The van der Waals surface area contributed by atoms with E-state index >= 15 is 0 Å². The molecule has 0 spiro atoms. The van der Waals surface area contributed by atoms with Crippen LogP contribution in [0.2, 0.25) is 0 Å². The number of nitrogens with one attached hydrogen (secondary N) is 1. The van der Waals surface area contributed by atoms with Gasteiger partial charge in [-0.3, -0.25) is 35.1 Å². The van der Waals surface area contributed by atoms with Gasteiger partial charge in [-0.05, 0) is 58.1 Å². The highest BCUT2D eigenvalue weighted by molar-refractivity contribution is 7.92. The zero-order chi connectivity index (χ0) is 48.7. The minimum absolute atomic E-state index is 0.0129. The van der Waals surface area contributed by atoms with Gasteiger partial charge in [0.05, 0.1) is 48.8 Å². The monoisotopic (exact) mass is 957 g/mol. The first-order valence-corrected chi connectivity index (χ1v) is 21.9. The zero-order valence-electron chi connectivity index (χ0n) is 36.8. The highest BCUT2D eigenvalue weighted by Crippen LogP contribution is 2.41. The van der Waals surface area contributed by atoms with Crippen molar-refractivity contribution in [3.05, 3.63) is 143 Å². The predicted octanol–water partition coefficient (Wildman–Crippen LogP) is 5.79. The maximum absolute atomic E-state index is 14.2. The van der Waals surface area contributed by atoms with Crippen LogP contribution in [0, 0.1) is 0 Å². The molecule has 358 valence electrons. The lowest BCUT2D eigenvalue weighted by Crippen LogP contribution is -2.27. The molecule has 0 bridgehead atoms. The van der Waals surface area contributed by atoms with Crippen molar-refractivity contribution in [2.24, 2.45) is 0 Å². The van der Waals surface area contributed by atoms with Crippen molar-refractivity contribution in [3.8, 4) is 34.8 Å². The van der Waals surface area contributed by atoms with Crippen LogP contribution in [0.1, 0.15) is 41.7 Å². The molecule has 6 aromatic rings. The molecule has 0 saturated carbocycles. The molecule has 0 aliphatic rings. The molecule has 0 saturated heterocycles. The fourth-order valence-corrected chi connectivity index (χ4v) is 7.29.